The van der Waals surface area contributed by atoms with Crippen molar-refractivity contribution in [3.63, 3.8) is 0 Å². The summed E-state index contributed by atoms with van der Waals surface area (Å²) < 4.78 is 0. The molecule has 0 spiro atoms. The maximum atomic E-state index is 12.2. The van der Waals surface area contributed by atoms with E-state index < -0.39 is 0 Å². The van der Waals surface area contributed by atoms with E-state index in [0.717, 1.165) is 29.7 Å². The predicted octanol–water partition coefficient (Wildman–Crippen LogP) is 3.11. The molecule has 0 aliphatic heterocycles. The van der Waals surface area contributed by atoms with Crippen molar-refractivity contribution in [2.45, 2.75) is 45.6 Å². The Hall–Kier alpha value is -2.69. The third-order valence-electron chi connectivity index (χ3n) is 3.78. The number of benzene rings is 1. The van der Waals surface area contributed by atoms with Crippen molar-refractivity contribution >= 4 is 17.5 Å². The lowest BCUT2D eigenvalue weighted by Crippen LogP contribution is -2.35. The fourth-order valence-corrected chi connectivity index (χ4v) is 2.59. The van der Waals surface area contributed by atoms with Crippen LogP contribution in [-0.2, 0) is 22.4 Å². The van der Waals surface area contributed by atoms with E-state index in [2.05, 4.69) is 15.6 Å². The lowest BCUT2D eigenvalue weighted by molar-refractivity contribution is -0.121. The van der Waals surface area contributed by atoms with Gasteiger partial charge < -0.3 is 10.6 Å². The fraction of sp³-hybridized carbons (Fsp3) is 0.350. The van der Waals surface area contributed by atoms with Gasteiger partial charge in [0.05, 0.1) is 6.42 Å². The number of anilines is 1. The number of carbonyl (C=O) groups is 2. The molecule has 0 saturated heterocycles. The second-order valence-electron chi connectivity index (χ2n) is 6.20. The molecule has 2 amide bonds. The lowest BCUT2D eigenvalue weighted by atomic mass is 10.1. The number of hydrogen-bond acceptors (Lipinski definition) is 3. The zero-order valence-electron chi connectivity index (χ0n) is 14.8. The molecule has 0 bridgehead atoms. The molecule has 5 heteroatoms. The van der Waals surface area contributed by atoms with Gasteiger partial charge in [0.2, 0.25) is 11.8 Å². The number of nitrogens with zero attached hydrogens (tertiary/aromatic N) is 1. The summed E-state index contributed by atoms with van der Waals surface area (Å²) in [6, 6.07) is 11.4. The first-order valence-corrected chi connectivity index (χ1v) is 8.64. The Balaban J connectivity index is 1.80. The summed E-state index contributed by atoms with van der Waals surface area (Å²) in [4.78, 5) is 27.7. The quantitative estimate of drug-likeness (QED) is 0.776. The van der Waals surface area contributed by atoms with Crippen molar-refractivity contribution in [3.05, 3.63) is 59.9 Å². The first-order valence-electron chi connectivity index (χ1n) is 8.64. The molecule has 5 nitrogen and oxygen atoms in total. The van der Waals surface area contributed by atoms with Crippen LogP contribution < -0.4 is 10.6 Å². The average Bonchev–Trinajstić information content (AvgIpc) is 2.57. The lowest BCUT2D eigenvalue weighted by Gasteiger charge is -2.14. The van der Waals surface area contributed by atoms with Gasteiger partial charge in [0.15, 0.2) is 0 Å². The SMILES string of the molecule is CCCC(=O)Nc1ccc(CC(=O)NC(C)Cc2ccncc2)cc1. The summed E-state index contributed by atoms with van der Waals surface area (Å²) in [5.74, 6) is 0.00209. The number of aromatic nitrogens is 1. The van der Waals surface area contributed by atoms with Gasteiger partial charge in [-0.2, -0.15) is 0 Å². The zero-order chi connectivity index (χ0) is 18.1. The van der Waals surface area contributed by atoms with E-state index in [9.17, 15) is 9.59 Å². The standard InChI is InChI=1S/C20H25N3O2/c1-3-4-19(24)23-18-7-5-16(6-8-18)14-20(25)22-15(2)13-17-9-11-21-12-10-17/h5-12,15H,3-4,13-14H2,1-2H3,(H,22,25)(H,23,24). The number of pyridine rings is 1. The van der Waals surface area contributed by atoms with Gasteiger partial charge in [-0.05, 0) is 55.2 Å². The molecule has 25 heavy (non-hydrogen) atoms. The Morgan fingerprint density at radius 1 is 1.00 bits per heavy atom. The summed E-state index contributed by atoms with van der Waals surface area (Å²) in [6.45, 7) is 3.96. The molecular formula is C20H25N3O2. The molecule has 1 aromatic carbocycles. The second kappa shape index (κ2) is 9.57. The summed E-state index contributed by atoms with van der Waals surface area (Å²) in [6.07, 6.45) is 5.94. The number of amides is 2. The maximum absolute atomic E-state index is 12.2. The van der Waals surface area contributed by atoms with E-state index in [0.29, 0.717) is 12.8 Å². The molecular weight excluding hydrogens is 314 g/mol. The molecule has 0 saturated carbocycles. The van der Waals surface area contributed by atoms with Crippen LogP contribution in [0.15, 0.2) is 48.8 Å². The monoisotopic (exact) mass is 339 g/mol. The van der Waals surface area contributed by atoms with E-state index in [1.54, 1.807) is 12.4 Å². The molecule has 0 aliphatic rings. The molecule has 0 aliphatic carbocycles. The number of hydrogen-bond donors (Lipinski definition) is 2. The molecule has 0 fully saturated rings. The van der Waals surface area contributed by atoms with Crippen molar-refractivity contribution in [1.29, 1.82) is 0 Å². The summed E-state index contributed by atoms with van der Waals surface area (Å²) in [7, 11) is 0. The Morgan fingerprint density at radius 2 is 1.68 bits per heavy atom. The highest BCUT2D eigenvalue weighted by atomic mass is 16.2. The second-order valence-corrected chi connectivity index (χ2v) is 6.20. The average molecular weight is 339 g/mol. The van der Waals surface area contributed by atoms with Gasteiger partial charge in [0, 0.05) is 30.5 Å². The number of carbonyl (C=O) groups excluding carboxylic acids is 2. The highest BCUT2D eigenvalue weighted by molar-refractivity contribution is 5.90. The summed E-state index contributed by atoms with van der Waals surface area (Å²) in [5, 5.41) is 5.85. The van der Waals surface area contributed by atoms with Crippen LogP contribution in [0.2, 0.25) is 0 Å². The highest BCUT2D eigenvalue weighted by Gasteiger charge is 2.09. The Labute approximate surface area is 148 Å². The van der Waals surface area contributed by atoms with Crippen LogP contribution in [0, 0.1) is 0 Å². The van der Waals surface area contributed by atoms with Crippen molar-refractivity contribution in [3.8, 4) is 0 Å². The van der Waals surface area contributed by atoms with Crippen LogP contribution in [0.25, 0.3) is 0 Å². The normalized spacial score (nSPS) is 11.6. The predicted molar refractivity (Wildman–Crippen MR) is 99.2 cm³/mol. The topological polar surface area (TPSA) is 71.1 Å². The Kier molecular flexibility index (Phi) is 7.14. The van der Waals surface area contributed by atoms with Crippen LogP contribution >= 0.6 is 0 Å². The minimum Gasteiger partial charge on any atom is -0.353 e. The molecule has 1 unspecified atom stereocenters. The summed E-state index contributed by atoms with van der Waals surface area (Å²) >= 11 is 0. The highest BCUT2D eigenvalue weighted by Crippen LogP contribution is 2.11. The van der Waals surface area contributed by atoms with Gasteiger partial charge in [-0.25, -0.2) is 0 Å². The molecule has 2 rings (SSSR count). The molecule has 132 valence electrons. The molecule has 1 heterocycles. The van der Waals surface area contributed by atoms with E-state index in [-0.39, 0.29) is 17.9 Å². The Bertz CT molecular complexity index is 684. The van der Waals surface area contributed by atoms with Crippen molar-refractivity contribution < 1.29 is 9.59 Å². The Morgan fingerprint density at radius 3 is 2.32 bits per heavy atom. The first-order chi connectivity index (χ1) is 12.1. The van der Waals surface area contributed by atoms with Gasteiger partial charge in [-0.15, -0.1) is 0 Å². The summed E-state index contributed by atoms with van der Waals surface area (Å²) in [5.41, 5.74) is 2.82. The first kappa shape index (κ1) is 18.6. The van der Waals surface area contributed by atoms with E-state index >= 15 is 0 Å². The van der Waals surface area contributed by atoms with Crippen LogP contribution in [0.4, 0.5) is 5.69 Å². The van der Waals surface area contributed by atoms with Crippen molar-refractivity contribution in [2.24, 2.45) is 0 Å². The third-order valence-corrected chi connectivity index (χ3v) is 3.78. The minimum absolute atomic E-state index is 0.00988. The molecule has 2 aromatic rings. The molecule has 2 N–H and O–H groups in total. The van der Waals surface area contributed by atoms with Crippen LogP contribution in [0.3, 0.4) is 0 Å². The van der Waals surface area contributed by atoms with Crippen molar-refractivity contribution in [1.82, 2.24) is 10.3 Å². The molecule has 1 aromatic heterocycles. The van der Waals surface area contributed by atoms with Gasteiger partial charge in [-0.1, -0.05) is 19.1 Å². The minimum atomic E-state index is -0.00988. The molecule has 1 atom stereocenters. The van der Waals surface area contributed by atoms with Gasteiger partial charge >= 0.3 is 0 Å². The van der Waals surface area contributed by atoms with E-state index in [1.807, 2.05) is 50.2 Å². The van der Waals surface area contributed by atoms with E-state index in [1.165, 1.54) is 0 Å². The van der Waals surface area contributed by atoms with Gasteiger partial charge in [0.1, 0.15) is 0 Å². The fourth-order valence-electron chi connectivity index (χ4n) is 2.59. The van der Waals surface area contributed by atoms with Crippen molar-refractivity contribution in [2.75, 3.05) is 5.32 Å². The van der Waals surface area contributed by atoms with E-state index in [4.69, 9.17) is 0 Å². The van der Waals surface area contributed by atoms with Gasteiger partial charge in [-0.3, -0.25) is 14.6 Å². The molecule has 0 radical (unpaired) electrons. The van der Waals surface area contributed by atoms with Gasteiger partial charge in [0.25, 0.3) is 0 Å². The maximum Gasteiger partial charge on any atom is 0.224 e. The van der Waals surface area contributed by atoms with Crippen LogP contribution in [-0.4, -0.2) is 22.8 Å². The number of rotatable bonds is 8. The largest absolute Gasteiger partial charge is 0.353 e. The zero-order valence-corrected chi connectivity index (χ0v) is 14.8. The third kappa shape index (κ3) is 6.75. The van der Waals surface area contributed by atoms with Crippen LogP contribution in [0.1, 0.15) is 37.8 Å². The van der Waals surface area contributed by atoms with Crippen LogP contribution in [0.5, 0.6) is 0 Å². The number of nitrogens with one attached hydrogen (secondary N) is 2. The smallest absolute Gasteiger partial charge is 0.224 e.